The molecule has 0 atom stereocenters. The van der Waals surface area contributed by atoms with Crippen molar-refractivity contribution in [2.75, 3.05) is 31.2 Å². The molecule has 0 bridgehead atoms. The normalized spacial score (nSPS) is 13.7. The fraction of sp³-hybridized carbons (Fsp3) is 0.174. The Labute approximate surface area is 173 Å². The number of nitro benzene ring substituents is 1. The van der Waals surface area contributed by atoms with E-state index in [0.717, 1.165) is 11.1 Å². The lowest BCUT2D eigenvalue weighted by Gasteiger charge is -2.30. The SMILES string of the molecule is O=C(Oc1ccc(-c2ccccc2)cc1)c1cc([N+](=O)[O-])ccc1N1CCOCC1. The molecule has 7 heteroatoms. The maximum Gasteiger partial charge on any atom is 0.345 e. The van der Waals surface area contributed by atoms with Crippen LogP contribution in [0, 0.1) is 10.1 Å². The molecule has 152 valence electrons. The molecule has 4 rings (SSSR count). The van der Waals surface area contributed by atoms with Crippen LogP contribution in [0.15, 0.2) is 72.8 Å². The number of ether oxygens (including phenoxy) is 2. The molecule has 1 aliphatic rings. The largest absolute Gasteiger partial charge is 0.423 e. The van der Waals surface area contributed by atoms with E-state index in [1.54, 1.807) is 18.2 Å². The number of hydrogen-bond donors (Lipinski definition) is 0. The van der Waals surface area contributed by atoms with Crippen molar-refractivity contribution in [1.82, 2.24) is 0 Å². The van der Waals surface area contributed by atoms with Crippen LogP contribution in [-0.4, -0.2) is 37.2 Å². The summed E-state index contributed by atoms with van der Waals surface area (Å²) in [5.74, 6) is -0.258. The zero-order valence-electron chi connectivity index (χ0n) is 16.2. The minimum absolute atomic E-state index is 0.154. The summed E-state index contributed by atoms with van der Waals surface area (Å²) in [6.07, 6.45) is 0. The number of morpholine rings is 1. The first kappa shape index (κ1) is 19.6. The minimum Gasteiger partial charge on any atom is -0.423 e. The second kappa shape index (κ2) is 8.75. The van der Waals surface area contributed by atoms with Crippen LogP contribution in [0.5, 0.6) is 5.75 Å². The number of benzene rings is 3. The van der Waals surface area contributed by atoms with Crippen LogP contribution in [0.1, 0.15) is 10.4 Å². The molecule has 3 aromatic rings. The summed E-state index contributed by atoms with van der Waals surface area (Å²) < 4.78 is 10.9. The smallest absolute Gasteiger partial charge is 0.345 e. The Morgan fingerprint density at radius 3 is 2.27 bits per heavy atom. The molecule has 0 amide bonds. The van der Waals surface area contributed by atoms with Gasteiger partial charge < -0.3 is 14.4 Å². The molecule has 1 aliphatic heterocycles. The summed E-state index contributed by atoms with van der Waals surface area (Å²) >= 11 is 0. The van der Waals surface area contributed by atoms with E-state index in [2.05, 4.69) is 0 Å². The molecular formula is C23H20N2O5. The van der Waals surface area contributed by atoms with E-state index in [9.17, 15) is 14.9 Å². The van der Waals surface area contributed by atoms with Crippen LogP contribution in [0.3, 0.4) is 0 Å². The second-order valence-electron chi connectivity index (χ2n) is 6.84. The van der Waals surface area contributed by atoms with E-state index in [0.29, 0.717) is 37.7 Å². The lowest BCUT2D eigenvalue weighted by Crippen LogP contribution is -2.37. The van der Waals surface area contributed by atoms with Gasteiger partial charge in [0.05, 0.1) is 29.4 Å². The third kappa shape index (κ3) is 4.31. The lowest BCUT2D eigenvalue weighted by molar-refractivity contribution is -0.384. The van der Waals surface area contributed by atoms with E-state index in [1.807, 2.05) is 47.4 Å². The number of carbonyl (C=O) groups excluding carboxylic acids is 1. The summed E-state index contributed by atoms with van der Waals surface area (Å²) in [4.78, 5) is 25.6. The monoisotopic (exact) mass is 404 g/mol. The number of anilines is 1. The zero-order chi connectivity index (χ0) is 20.9. The topological polar surface area (TPSA) is 81.9 Å². The second-order valence-corrected chi connectivity index (χ2v) is 6.84. The molecule has 7 nitrogen and oxygen atoms in total. The average Bonchev–Trinajstić information content (AvgIpc) is 2.80. The molecule has 0 spiro atoms. The van der Waals surface area contributed by atoms with Crippen molar-refractivity contribution >= 4 is 17.3 Å². The van der Waals surface area contributed by atoms with Crippen LogP contribution >= 0.6 is 0 Å². The number of carbonyl (C=O) groups is 1. The number of non-ortho nitro benzene ring substituents is 1. The van der Waals surface area contributed by atoms with Gasteiger partial charge in [0.15, 0.2) is 0 Å². The zero-order valence-corrected chi connectivity index (χ0v) is 16.2. The van der Waals surface area contributed by atoms with E-state index < -0.39 is 10.9 Å². The van der Waals surface area contributed by atoms with Gasteiger partial charge in [-0.1, -0.05) is 42.5 Å². The Morgan fingerprint density at radius 2 is 1.60 bits per heavy atom. The van der Waals surface area contributed by atoms with Gasteiger partial charge in [-0.3, -0.25) is 10.1 Å². The maximum atomic E-state index is 12.9. The van der Waals surface area contributed by atoms with Crippen molar-refractivity contribution in [2.45, 2.75) is 0 Å². The van der Waals surface area contributed by atoms with Gasteiger partial charge in [-0.25, -0.2) is 4.79 Å². The average molecular weight is 404 g/mol. The molecule has 0 aliphatic carbocycles. The number of esters is 1. The third-order valence-electron chi connectivity index (χ3n) is 4.93. The van der Waals surface area contributed by atoms with Crippen molar-refractivity contribution in [3.63, 3.8) is 0 Å². The molecule has 3 aromatic carbocycles. The number of nitrogens with zero attached hydrogens (tertiary/aromatic N) is 2. The van der Waals surface area contributed by atoms with E-state index in [1.165, 1.54) is 12.1 Å². The molecular weight excluding hydrogens is 384 g/mol. The van der Waals surface area contributed by atoms with E-state index in [-0.39, 0.29) is 11.3 Å². The molecule has 0 saturated carbocycles. The Hall–Kier alpha value is -3.71. The summed E-state index contributed by atoms with van der Waals surface area (Å²) in [7, 11) is 0. The van der Waals surface area contributed by atoms with Crippen molar-refractivity contribution in [3.05, 3.63) is 88.5 Å². The molecule has 0 aromatic heterocycles. The van der Waals surface area contributed by atoms with Gasteiger partial charge >= 0.3 is 5.97 Å². The summed E-state index contributed by atoms with van der Waals surface area (Å²) in [5, 5.41) is 11.2. The highest BCUT2D eigenvalue weighted by atomic mass is 16.6. The van der Waals surface area contributed by atoms with Crippen LogP contribution in [-0.2, 0) is 4.74 Å². The van der Waals surface area contributed by atoms with Gasteiger partial charge in [0, 0.05) is 25.2 Å². The molecule has 1 heterocycles. The molecule has 0 unspecified atom stereocenters. The van der Waals surface area contributed by atoms with Gasteiger partial charge in [0.2, 0.25) is 0 Å². The predicted octanol–water partition coefficient (Wildman–Crippen LogP) is 4.32. The molecule has 30 heavy (non-hydrogen) atoms. The fourth-order valence-electron chi connectivity index (χ4n) is 3.39. The van der Waals surface area contributed by atoms with Gasteiger partial charge in [-0.2, -0.15) is 0 Å². The van der Waals surface area contributed by atoms with Crippen LogP contribution in [0.25, 0.3) is 11.1 Å². The van der Waals surface area contributed by atoms with Crippen molar-refractivity contribution in [2.24, 2.45) is 0 Å². The van der Waals surface area contributed by atoms with Crippen LogP contribution in [0.2, 0.25) is 0 Å². The molecule has 0 N–H and O–H groups in total. The minimum atomic E-state index is -0.632. The lowest BCUT2D eigenvalue weighted by atomic mass is 10.1. The number of rotatable bonds is 5. The standard InChI is InChI=1S/C23H20N2O5/c26-23(30-20-9-6-18(7-10-20)17-4-2-1-3-5-17)21-16-19(25(27)28)8-11-22(21)24-12-14-29-15-13-24/h1-11,16H,12-15H2. The number of hydrogen-bond acceptors (Lipinski definition) is 6. The summed E-state index contributed by atoms with van der Waals surface area (Å²) in [6.45, 7) is 2.27. The fourth-order valence-corrected chi connectivity index (χ4v) is 3.39. The maximum absolute atomic E-state index is 12.9. The first-order chi connectivity index (χ1) is 14.6. The van der Waals surface area contributed by atoms with Gasteiger partial charge in [0.1, 0.15) is 5.75 Å². The first-order valence-corrected chi connectivity index (χ1v) is 9.60. The van der Waals surface area contributed by atoms with Gasteiger partial charge in [0.25, 0.3) is 5.69 Å². The van der Waals surface area contributed by atoms with Crippen molar-refractivity contribution in [3.8, 4) is 16.9 Å². The highest BCUT2D eigenvalue weighted by Crippen LogP contribution is 2.28. The molecule has 1 fully saturated rings. The van der Waals surface area contributed by atoms with E-state index in [4.69, 9.17) is 9.47 Å². The first-order valence-electron chi connectivity index (χ1n) is 9.60. The Kier molecular flexibility index (Phi) is 5.72. The number of nitro groups is 1. The Bertz CT molecular complexity index is 1040. The molecule has 1 saturated heterocycles. The quantitative estimate of drug-likeness (QED) is 0.273. The molecule has 0 radical (unpaired) electrons. The van der Waals surface area contributed by atoms with Crippen molar-refractivity contribution < 1.29 is 19.2 Å². The third-order valence-corrected chi connectivity index (χ3v) is 4.93. The van der Waals surface area contributed by atoms with Crippen LogP contribution in [0.4, 0.5) is 11.4 Å². The highest BCUT2D eigenvalue weighted by molar-refractivity contribution is 5.98. The van der Waals surface area contributed by atoms with Gasteiger partial charge in [-0.05, 0) is 29.3 Å². The Balaban J connectivity index is 1.58. The predicted molar refractivity (Wildman–Crippen MR) is 113 cm³/mol. The van der Waals surface area contributed by atoms with Gasteiger partial charge in [-0.15, -0.1) is 0 Å². The Morgan fingerprint density at radius 1 is 0.933 bits per heavy atom. The highest BCUT2D eigenvalue weighted by Gasteiger charge is 2.23. The summed E-state index contributed by atoms with van der Waals surface area (Å²) in [5.41, 5.74) is 2.68. The van der Waals surface area contributed by atoms with Crippen LogP contribution < -0.4 is 9.64 Å². The van der Waals surface area contributed by atoms with Crippen molar-refractivity contribution in [1.29, 1.82) is 0 Å². The summed E-state index contributed by atoms with van der Waals surface area (Å²) in [6, 6.07) is 21.3. The van der Waals surface area contributed by atoms with E-state index >= 15 is 0 Å².